The fraction of sp³-hybridized carbons (Fsp3) is 0.0588. The Hall–Kier alpha value is -2.88. The number of rotatable bonds is 4. The van der Waals surface area contributed by atoms with E-state index in [4.69, 9.17) is 5.73 Å². The number of hydrogen-bond donors (Lipinski definition) is 2. The molecule has 1 heterocycles. The molecule has 0 spiro atoms. The van der Waals surface area contributed by atoms with E-state index in [0.717, 1.165) is 22.0 Å². The molecule has 1 amide bonds. The molecule has 104 valence electrons. The highest BCUT2D eigenvalue weighted by atomic mass is 16.1. The molecule has 0 bridgehead atoms. The molecule has 1 aromatic heterocycles. The average Bonchev–Trinajstić information content (AvgIpc) is 2.53. The van der Waals surface area contributed by atoms with Gasteiger partial charge in [-0.2, -0.15) is 0 Å². The van der Waals surface area contributed by atoms with Crippen LogP contribution >= 0.6 is 0 Å². The van der Waals surface area contributed by atoms with E-state index in [1.807, 2.05) is 42.6 Å². The molecule has 2 aromatic carbocycles. The van der Waals surface area contributed by atoms with E-state index in [1.54, 1.807) is 18.3 Å². The summed E-state index contributed by atoms with van der Waals surface area (Å²) in [6.45, 7) is 0.681. The van der Waals surface area contributed by atoms with Gasteiger partial charge in [0.2, 0.25) is 5.91 Å². The Kier molecular flexibility index (Phi) is 3.51. The minimum Gasteiger partial charge on any atom is -0.380 e. The number of fused-ring (bicyclic) bond motifs is 1. The number of aromatic nitrogens is 1. The molecule has 3 N–H and O–H groups in total. The van der Waals surface area contributed by atoms with Gasteiger partial charge in [-0.05, 0) is 29.8 Å². The summed E-state index contributed by atoms with van der Waals surface area (Å²) in [4.78, 5) is 15.2. The normalized spacial score (nSPS) is 10.5. The summed E-state index contributed by atoms with van der Waals surface area (Å²) in [6.07, 6.45) is 3.64. The molecule has 0 saturated heterocycles. The molecule has 0 radical (unpaired) electrons. The first-order valence-electron chi connectivity index (χ1n) is 6.69. The van der Waals surface area contributed by atoms with E-state index in [9.17, 15) is 4.79 Å². The van der Waals surface area contributed by atoms with Crippen molar-refractivity contribution in [3.63, 3.8) is 0 Å². The smallest absolute Gasteiger partial charge is 0.248 e. The van der Waals surface area contributed by atoms with Gasteiger partial charge in [0.05, 0.1) is 0 Å². The second-order valence-corrected chi connectivity index (χ2v) is 4.82. The Balaban J connectivity index is 1.79. The zero-order valence-corrected chi connectivity index (χ0v) is 11.4. The Morgan fingerprint density at radius 3 is 2.67 bits per heavy atom. The van der Waals surface area contributed by atoms with Crippen LogP contribution in [0.1, 0.15) is 15.9 Å². The minimum absolute atomic E-state index is 0.406. The fourth-order valence-electron chi connectivity index (χ4n) is 2.26. The van der Waals surface area contributed by atoms with Crippen LogP contribution in [0.3, 0.4) is 0 Å². The lowest BCUT2D eigenvalue weighted by Crippen LogP contribution is -2.10. The van der Waals surface area contributed by atoms with E-state index < -0.39 is 5.91 Å². The maximum Gasteiger partial charge on any atom is 0.248 e. The van der Waals surface area contributed by atoms with Crippen LogP contribution in [0.4, 0.5) is 5.69 Å². The van der Waals surface area contributed by atoms with Gasteiger partial charge in [-0.15, -0.1) is 0 Å². The number of pyridine rings is 1. The number of nitrogens with two attached hydrogens (primary N) is 1. The molecule has 0 unspecified atom stereocenters. The van der Waals surface area contributed by atoms with E-state index in [2.05, 4.69) is 10.3 Å². The van der Waals surface area contributed by atoms with Crippen LogP contribution in [-0.2, 0) is 6.54 Å². The largest absolute Gasteiger partial charge is 0.380 e. The van der Waals surface area contributed by atoms with Crippen LogP contribution in [0.25, 0.3) is 10.8 Å². The Bertz CT molecular complexity index is 776. The Morgan fingerprint density at radius 2 is 1.90 bits per heavy atom. The maximum atomic E-state index is 11.0. The third kappa shape index (κ3) is 2.84. The van der Waals surface area contributed by atoms with Gasteiger partial charge in [0.25, 0.3) is 0 Å². The van der Waals surface area contributed by atoms with Crippen LogP contribution in [0.2, 0.25) is 0 Å². The standard InChI is InChI=1S/C17H15N3O/c18-17(21)13-6-4-12(5-7-13)10-20-16-3-1-2-14-11-19-9-8-15(14)16/h1-9,11,20H,10H2,(H2,18,21). The lowest BCUT2D eigenvalue weighted by Gasteiger charge is -2.10. The predicted octanol–water partition coefficient (Wildman–Crippen LogP) is 2.95. The summed E-state index contributed by atoms with van der Waals surface area (Å²) in [7, 11) is 0. The van der Waals surface area contributed by atoms with Crippen molar-refractivity contribution >= 4 is 22.4 Å². The van der Waals surface area contributed by atoms with Crippen LogP contribution in [0.5, 0.6) is 0 Å². The van der Waals surface area contributed by atoms with Gasteiger partial charge in [-0.1, -0.05) is 24.3 Å². The van der Waals surface area contributed by atoms with E-state index in [-0.39, 0.29) is 0 Å². The molecule has 4 heteroatoms. The summed E-state index contributed by atoms with van der Waals surface area (Å²) in [5.74, 6) is -0.406. The van der Waals surface area contributed by atoms with Crippen molar-refractivity contribution in [2.45, 2.75) is 6.54 Å². The lowest BCUT2D eigenvalue weighted by molar-refractivity contribution is 0.100. The highest BCUT2D eigenvalue weighted by Gasteiger charge is 2.02. The predicted molar refractivity (Wildman–Crippen MR) is 84.0 cm³/mol. The third-order valence-electron chi connectivity index (χ3n) is 3.40. The highest BCUT2D eigenvalue weighted by Crippen LogP contribution is 2.22. The number of amides is 1. The number of nitrogens with one attached hydrogen (secondary N) is 1. The van der Waals surface area contributed by atoms with Gasteiger partial charge in [-0.3, -0.25) is 9.78 Å². The molecule has 0 fully saturated rings. The van der Waals surface area contributed by atoms with E-state index >= 15 is 0 Å². The third-order valence-corrected chi connectivity index (χ3v) is 3.40. The number of benzene rings is 2. The summed E-state index contributed by atoms with van der Waals surface area (Å²) >= 11 is 0. The molecule has 0 aliphatic carbocycles. The monoisotopic (exact) mass is 277 g/mol. The van der Waals surface area contributed by atoms with Crippen molar-refractivity contribution in [1.82, 2.24) is 4.98 Å². The zero-order valence-electron chi connectivity index (χ0n) is 11.4. The second kappa shape index (κ2) is 5.63. The van der Waals surface area contributed by atoms with Gasteiger partial charge >= 0.3 is 0 Å². The van der Waals surface area contributed by atoms with Crippen LogP contribution < -0.4 is 11.1 Å². The molecule has 0 atom stereocenters. The SMILES string of the molecule is NC(=O)c1ccc(CNc2cccc3cnccc23)cc1. The number of primary amides is 1. The van der Waals surface area contributed by atoms with Gasteiger partial charge in [-0.25, -0.2) is 0 Å². The number of nitrogens with zero attached hydrogens (tertiary/aromatic N) is 1. The lowest BCUT2D eigenvalue weighted by atomic mass is 10.1. The van der Waals surface area contributed by atoms with Crippen molar-refractivity contribution in [1.29, 1.82) is 0 Å². The molecular formula is C17H15N3O. The molecular weight excluding hydrogens is 262 g/mol. The molecule has 0 aliphatic rings. The van der Waals surface area contributed by atoms with Gasteiger partial charge in [0.1, 0.15) is 0 Å². The van der Waals surface area contributed by atoms with Crippen LogP contribution in [0.15, 0.2) is 60.9 Å². The average molecular weight is 277 g/mol. The van der Waals surface area contributed by atoms with Gasteiger partial charge in [0.15, 0.2) is 0 Å². The van der Waals surface area contributed by atoms with E-state index in [1.165, 1.54) is 0 Å². The number of anilines is 1. The van der Waals surface area contributed by atoms with Crippen LogP contribution in [-0.4, -0.2) is 10.9 Å². The minimum atomic E-state index is -0.406. The van der Waals surface area contributed by atoms with Crippen molar-refractivity contribution in [2.75, 3.05) is 5.32 Å². The fourth-order valence-corrected chi connectivity index (χ4v) is 2.26. The highest BCUT2D eigenvalue weighted by molar-refractivity contribution is 5.93. The molecule has 3 rings (SSSR count). The maximum absolute atomic E-state index is 11.0. The van der Waals surface area contributed by atoms with Gasteiger partial charge in [0, 0.05) is 41.0 Å². The second-order valence-electron chi connectivity index (χ2n) is 4.82. The van der Waals surface area contributed by atoms with Crippen molar-refractivity contribution < 1.29 is 4.79 Å². The quantitative estimate of drug-likeness (QED) is 0.770. The van der Waals surface area contributed by atoms with E-state index in [0.29, 0.717) is 12.1 Å². The number of hydrogen-bond acceptors (Lipinski definition) is 3. The molecule has 4 nitrogen and oxygen atoms in total. The summed E-state index contributed by atoms with van der Waals surface area (Å²) < 4.78 is 0. The number of carbonyl (C=O) groups is 1. The Morgan fingerprint density at radius 1 is 1.10 bits per heavy atom. The first-order valence-corrected chi connectivity index (χ1v) is 6.69. The zero-order chi connectivity index (χ0) is 14.7. The summed E-state index contributed by atoms with van der Waals surface area (Å²) in [5, 5.41) is 5.65. The first-order chi connectivity index (χ1) is 10.2. The summed E-state index contributed by atoms with van der Waals surface area (Å²) in [5.41, 5.74) is 7.91. The van der Waals surface area contributed by atoms with Crippen molar-refractivity contribution in [2.24, 2.45) is 5.73 Å². The van der Waals surface area contributed by atoms with Crippen molar-refractivity contribution in [3.8, 4) is 0 Å². The topological polar surface area (TPSA) is 68.0 Å². The summed E-state index contributed by atoms with van der Waals surface area (Å²) in [6, 6.07) is 15.4. The van der Waals surface area contributed by atoms with Crippen molar-refractivity contribution in [3.05, 3.63) is 72.1 Å². The molecule has 0 saturated carbocycles. The molecule has 0 aliphatic heterocycles. The molecule has 3 aromatic rings. The van der Waals surface area contributed by atoms with Crippen LogP contribution in [0, 0.1) is 0 Å². The molecule has 21 heavy (non-hydrogen) atoms. The first kappa shape index (κ1) is 13.1. The van der Waals surface area contributed by atoms with Gasteiger partial charge < -0.3 is 11.1 Å². The number of carbonyl (C=O) groups excluding carboxylic acids is 1. The Labute approximate surface area is 122 Å².